The first-order chi connectivity index (χ1) is 11.1. The van der Waals surface area contributed by atoms with Crippen molar-refractivity contribution in [2.75, 3.05) is 5.75 Å². The lowest BCUT2D eigenvalue weighted by Gasteiger charge is -2.04. The van der Waals surface area contributed by atoms with Crippen LogP contribution >= 0.6 is 11.8 Å². The molecule has 0 aliphatic heterocycles. The lowest BCUT2D eigenvalue weighted by molar-refractivity contribution is -0.384. The van der Waals surface area contributed by atoms with Crippen molar-refractivity contribution in [2.24, 2.45) is 0 Å². The van der Waals surface area contributed by atoms with Crippen molar-refractivity contribution in [2.45, 2.75) is 11.3 Å². The van der Waals surface area contributed by atoms with E-state index in [1.54, 1.807) is 36.4 Å². The molecule has 23 heavy (non-hydrogen) atoms. The number of thioether (sulfide) groups is 1. The molecule has 0 aliphatic carbocycles. The number of rotatable bonds is 7. The van der Waals surface area contributed by atoms with Crippen molar-refractivity contribution in [1.29, 1.82) is 0 Å². The van der Waals surface area contributed by atoms with E-state index in [0.29, 0.717) is 23.4 Å². The average molecular weight is 331 g/mol. The third-order valence-corrected chi connectivity index (χ3v) is 3.88. The highest BCUT2D eigenvalue weighted by atomic mass is 32.2. The van der Waals surface area contributed by atoms with Gasteiger partial charge in [0, 0.05) is 28.3 Å². The van der Waals surface area contributed by atoms with Gasteiger partial charge in [-0.05, 0) is 36.4 Å². The molecule has 2 aromatic rings. The summed E-state index contributed by atoms with van der Waals surface area (Å²) in [4.78, 5) is 33.2. The van der Waals surface area contributed by atoms with E-state index in [-0.39, 0.29) is 18.1 Å². The minimum atomic E-state index is -0.457. The highest BCUT2D eigenvalue weighted by Crippen LogP contribution is 2.22. The Kier molecular flexibility index (Phi) is 5.87. The Labute approximate surface area is 136 Å². The van der Waals surface area contributed by atoms with E-state index in [9.17, 15) is 19.7 Å². The highest BCUT2D eigenvalue weighted by Gasteiger charge is 2.07. The molecule has 6 nitrogen and oxygen atoms in total. The molecule has 118 valence electrons. The molecule has 0 radical (unpaired) electrons. The van der Waals surface area contributed by atoms with Crippen LogP contribution in [0.1, 0.15) is 16.8 Å². The fraction of sp³-hybridized carbons (Fsp3) is 0.125. The van der Waals surface area contributed by atoms with Crippen molar-refractivity contribution in [3.8, 4) is 5.75 Å². The largest absolute Gasteiger partial charge is 0.427 e. The first-order valence-electron chi connectivity index (χ1n) is 6.71. The Morgan fingerprint density at radius 2 is 1.78 bits per heavy atom. The molecule has 0 saturated heterocycles. The second-order valence-electron chi connectivity index (χ2n) is 4.51. The second kappa shape index (κ2) is 8.09. The fourth-order valence-electron chi connectivity index (χ4n) is 1.71. The zero-order chi connectivity index (χ0) is 16.7. The summed E-state index contributed by atoms with van der Waals surface area (Å²) in [5.74, 6) is 0.516. The fourth-order valence-corrected chi connectivity index (χ4v) is 2.55. The van der Waals surface area contributed by atoms with E-state index in [1.807, 2.05) is 0 Å². The van der Waals surface area contributed by atoms with Gasteiger partial charge in [0.25, 0.3) is 5.69 Å². The van der Waals surface area contributed by atoms with Gasteiger partial charge in [-0.15, -0.1) is 11.8 Å². The number of ether oxygens (including phenoxy) is 1. The third-order valence-electron chi connectivity index (χ3n) is 2.87. The molecule has 0 unspecified atom stereocenters. The summed E-state index contributed by atoms with van der Waals surface area (Å²) in [5, 5.41) is 10.5. The van der Waals surface area contributed by atoms with Gasteiger partial charge in [0.1, 0.15) is 12.0 Å². The summed E-state index contributed by atoms with van der Waals surface area (Å²) >= 11 is 1.42. The van der Waals surface area contributed by atoms with Gasteiger partial charge in [0.05, 0.1) is 11.3 Å². The molecule has 7 heteroatoms. The number of nitrogens with zero attached hydrogens (tertiary/aromatic N) is 1. The van der Waals surface area contributed by atoms with E-state index in [1.165, 1.54) is 23.9 Å². The molecule has 0 aliphatic rings. The van der Waals surface area contributed by atoms with Crippen LogP contribution in [0, 0.1) is 10.1 Å². The molecule has 0 bridgehead atoms. The molecule has 2 rings (SSSR count). The Morgan fingerprint density at radius 1 is 1.13 bits per heavy atom. The zero-order valence-electron chi connectivity index (χ0n) is 12.0. The van der Waals surface area contributed by atoms with Crippen LogP contribution in [0.2, 0.25) is 0 Å². The molecule has 0 N–H and O–H groups in total. The Morgan fingerprint density at radius 3 is 2.35 bits per heavy atom. The van der Waals surface area contributed by atoms with Crippen LogP contribution in [0.4, 0.5) is 5.69 Å². The predicted molar refractivity (Wildman–Crippen MR) is 85.9 cm³/mol. The number of carbonyl (C=O) groups is 2. The van der Waals surface area contributed by atoms with Crippen molar-refractivity contribution < 1.29 is 19.2 Å². The lowest BCUT2D eigenvalue weighted by atomic mass is 10.2. The maximum absolute atomic E-state index is 11.7. The van der Waals surface area contributed by atoms with Gasteiger partial charge >= 0.3 is 5.97 Å². The topological polar surface area (TPSA) is 86.5 Å². The van der Waals surface area contributed by atoms with Crippen LogP contribution in [0.5, 0.6) is 5.75 Å². The van der Waals surface area contributed by atoms with Gasteiger partial charge < -0.3 is 4.74 Å². The quantitative estimate of drug-likeness (QED) is 0.193. The summed E-state index contributed by atoms with van der Waals surface area (Å²) in [7, 11) is 0. The van der Waals surface area contributed by atoms with Gasteiger partial charge in [0.2, 0.25) is 0 Å². The Hall–Kier alpha value is -2.67. The number of carbonyl (C=O) groups excluding carboxylic acids is 2. The summed E-state index contributed by atoms with van der Waals surface area (Å²) < 4.78 is 5.14. The predicted octanol–water partition coefficient (Wildman–Crippen LogP) is 3.50. The maximum Gasteiger partial charge on any atom is 0.312 e. The minimum Gasteiger partial charge on any atom is -0.427 e. The van der Waals surface area contributed by atoms with E-state index >= 15 is 0 Å². The number of hydrogen-bond donors (Lipinski definition) is 0. The Balaban J connectivity index is 1.77. The standard InChI is InChI=1S/C16H13NO5S/c18-11-12-1-5-14(6-2-12)22-16(19)9-10-23-15-7-3-13(4-8-15)17(20)21/h1-8,11H,9-10H2. The van der Waals surface area contributed by atoms with E-state index < -0.39 is 4.92 Å². The van der Waals surface area contributed by atoms with Gasteiger partial charge in [-0.25, -0.2) is 0 Å². The van der Waals surface area contributed by atoms with Gasteiger partial charge in [-0.2, -0.15) is 0 Å². The molecule has 0 heterocycles. The highest BCUT2D eigenvalue weighted by molar-refractivity contribution is 7.99. The molecule has 0 spiro atoms. The van der Waals surface area contributed by atoms with Crippen LogP contribution in [-0.4, -0.2) is 22.9 Å². The number of nitro benzene ring substituents is 1. The average Bonchev–Trinajstić information content (AvgIpc) is 2.56. The lowest BCUT2D eigenvalue weighted by Crippen LogP contribution is -2.08. The molecule has 0 fully saturated rings. The molecular formula is C16H13NO5S. The zero-order valence-corrected chi connectivity index (χ0v) is 12.8. The molecule has 0 amide bonds. The minimum absolute atomic E-state index is 0.0348. The van der Waals surface area contributed by atoms with E-state index in [2.05, 4.69) is 0 Å². The van der Waals surface area contributed by atoms with Crippen LogP contribution in [0.25, 0.3) is 0 Å². The van der Waals surface area contributed by atoms with Crippen molar-refractivity contribution in [1.82, 2.24) is 0 Å². The maximum atomic E-state index is 11.7. The molecular weight excluding hydrogens is 318 g/mol. The third kappa shape index (κ3) is 5.23. The normalized spacial score (nSPS) is 10.1. The van der Waals surface area contributed by atoms with Gasteiger partial charge in [-0.3, -0.25) is 19.7 Å². The van der Waals surface area contributed by atoms with E-state index in [0.717, 1.165) is 4.90 Å². The number of aldehydes is 1. The molecule has 0 atom stereocenters. The Bertz CT molecular complexity index is 697. The number of nitro groups is 1. The van der Waals surface area contributed by atoms with Crippen molar-refractivity contribution in [3.05, 3.63) is 64.2 Å². The molecule has 0 aromatic heterocycles. The molecule has 0 saturated carbocycles. The summed E-state index contributed by atoms with van der Waals surface area (Å²) in [5.41, 5.74) is 0.547. The SMILES string of the molecule is O=Cc1ccc(OC(=O)CCSc2ccc([N+](=O)[O-])cc2)cc1. The van der Waals surface area contributed by atoms with Crippen LogP contribution in [0.3, 0.4) is 0 Å². The summed E-state index contributed by atoms with van der Waals surface area (Å²) in [6.45, 7) is 0. The molecule has 2 aromatic carbocycles. The van der Waals surface area contributed by atoms with Crippen LogP contribution in [-0.2, 0) is 4.79 Å². The second-order valence-corrected chi connectivity index (χ2v) is 5.68. The number of hydrogen-bond acceptors (Lipinski definition) is 6. The van der Waals surface area contributed by atoms with Gasteiger partial charge in [0.15, 0.2) is 0 Å². The van der Waals surface area contributed by atoms with Gasteiger partial charge in [-0.1, -0.05) is 0 Å². The van der Waals surface area contributed by atoms with Crippen molar-refractivity contribution in [3.63, 3.8) is 0 Å². The van der Waals surface area contributed by atoms with Crippen molar-refractivity contribution >= 4 is 29.7 Å². The number of benzene rings is 2. The summed E-state index contributed by atoms with van der Waals surface area (Å²) in [6, 6.07) is 12.4. The first-order valence-corrected chi connectivity index (χ1v) is 7.70. The van der Waals surface area contributed by atoms with Crippen LogP contribution < -0.4 is 4.74 Å². The number of non-ortho nitro benzene ring substituents is 1. The summed E-state index contributed by atoms with van der Waals surface area (Å²) in [6.07, 6.45) is 0.920. The van der Waals surface area contributed by atoms with Crippen LogP contribution in [0.15, 0.2) is 53.4 Å². The smallest absolute Gasteiger partial charge is 0.312 e. The monoisotopic (exact) mass is 331 g/mol. The van der Waals surface area contributed by atoms with E-state index in [4.69, 9.17) is 4.74 Å². The number of esters is 1. The first kappa shape index (κ1) is 16.7.